The molecule has 0 amide bonds. The first-order valence-electron chi connectivity index (χ1n) is 6.45. The van der Waals surface area contributed by atoms with Gasteiger partial charge in [0, 0.05) is 23.9 Å². The normalized spacial score (nSPS) is 12.7. The Morgan fingerprint density at radius 1 is 1.19 bits per heavy atom. The van der Waals surface area contributed by atoms with E-state index in [-0.39, 0.29) is 12.0 Å². The summed E-state index contributed by atoms with van der Waals surface area (Å²) in [5.41, 5.74) is 6.16. The summed E-state index contributed by atoms with van der Waals surface area (Å²) in [5, 5.41) is 3.74. The van der Waals surface area contributed by atoms with Crippen LogP contribution in [0.3, 0.4) is 0 Å². The lowest BCUT2D eigenvalue weighted by Crippen LogP contribution is -2.16. The Morgan fingerprint density at radius 2 is 1.86 bits per heavy atom. The quantitative estimate of drug-likeness (QED) is 0.927. The number of pyridine rings is 1. The third-order valence-corrected chi connectivity index (χ3v) is 3.02. The first-order valence-corrected chi connectivity index (χ1v) is 6.45. The minimum Gasteiger partial charge on any atom is -0.326 e. The van der Waals surface area contributed by atoms with Crippen molar-refractivity contribution in [2.75, 3.05) is 0 Å². The first-order chi connectivity index (χ1) is 9.61. The Balaban J connectivity index is 2.51. The van der Waals surface area contributed by atoms with Crippen LogP contribution < -0.4 is 5.73 Å². The number of rotatable bonds is 2. The van der Waals surface area contributed by atoms with Gasteiger partial charge in [-0.1, -0.05) is 20.8 Å². The Bertz CT molecular complexity index is 638. The lowest BCUT2D eigenvalue weighted by molar-refractivity contribution is -0.137. The first kappa shape index (κ1) is 15.5. The predicted molar refractivity (Wildman–Crippen MR) is 73.0 cm³/mol. The van der Waals surface area contributed by atoms with E-state index in [0.717, 1.165) is 28.3 Å². The molecular formula is C14H17F3N4. The Morgan fingerprint density at radius 3 is 2.33 bits per heavy atom. The fourth-order valence-corrected chi connectivity index (χ4v) is 1.78. The second kappa shape index (κ2) is 5.14. The van der Waals surface area contributed by atoms with Crippen LogP contribution in [0.2, 0.25) is 0 Å². The van der Waals surface area contributed by atoms with Crippen molar-refractivity contribution >= 4 is 0 Å². The molecule has 0 bridgehead atoms. The van der Waals surface area contributed by atoms with E-state index in [9.17, 15) is 13.2 Å². The van der Waals surface area contributed by atoms with Gasteiger partial charge in [-0.05, 0) is 17.7 Å². The van der Waals surface area contributed by atoms with Crippen LogP contribution in [0.1, 0.15) is 37.6 Å². The van der Waals surface area contributed by atoms with Gasteiger partial charge in [-0.2, -0.15) is 18.3 Å². The number of halogens is 3. The topological polar surface area (TPSA) is 56.7 Å². The molecule has 0 radical (unpaired) electrons. The third-order valence-electron chi connectivity index (χ3n) is 3.02. The smallest absolute Gasteiger partial charge is 0.326 e. The Kier molecular flexibility index (Phi) is 3.79. The number of alkyl halides is 3. The van der Waals surface area contributed by atoms with E-state index in [2.05, 4.69) is 10.1 Å². The zero-order valence-corrected chi connectivity index (χ0v) is 12.1. The zero-order chi connectivity index (χ0) is 15.8. The van der Waals surface area contributed by atoms with Gasteiger partial charge in [-0.15, -0.1) is 0 Å². The number of hydrogen-bond donors (Lipinski definition) is 1. The SMILES string of the molecule is CC(C)(C)c1cc(CN)cc(-n2cc(C(F)(F)F)cn2)n1. The molecule has 4 nitrogen and oxygen atoms in total. The molecule has 2 aromatic heterocycles. The van der Waals surface area contributed by atoms with Crippen molar-refractivity contribution in [1.29, 1.82) is 0 Å². The summed E-state index contributed by atoms with van der Waals surface area (Å²) in [7, 11) is 0. The summed E-state index contributed by atoms with van der Waals surface area (Å²) in [6, 6.07) is 3.50. The molecule has 0 aromatic carbocycles. The van der Waals surface area contributed by atoms with Crippen LogP contribution in [-0.4, -0.2) is 14.8 Å². The van der Waals surface area contributed by atoms with E-state index in [4.69, 9.17) is 5.73 Å². The summed E-state index contributed by atoms with van der Waals surface area (Å²) in [4.78, 5) is 4.40. The summed E-state index contributed by atoms with van der Waals surface area (Å²) in [5.74, 6) is 0.332. The summed E-state index contributed by atoms with van der Waals surface area (Å²) in [6.45, 7) is 6.21. The van der Waals surface area contributed by atoms with Gasteiger partial charge < -0.3 is 5.73 Å². The monoisotopic (exact) mass is 298 g/mol. The van der Waals surface area contributed by atoms with Crippen molar-refractivity contribution in [3.8, 4) is 5.82 Å². The molecule has 2 rings (SSSR count). The van der Waals surface area contributed by atoms with Gasteiger partial charge >= 0.3 is 6.18 Å². The third kappa shape index (κ3) is 3.41. The van der Waals surface area contributed by atoms with Gasteiger partial charge in [0.05, 0.1) is 11.8 Å². The minimum absolute atomic E-state index is 0.236. The minimum atomic E-state index is -4.42. The van der Waals surface area contributed by atoms with Crippen LogP contribution in [0.4, 0.5) is 13.2 Å². The average Bonchev–Trinajstić information content (AvgIpc) is 2.86. The molecule has 0 aliphatic rings. The maximum atomic E-state index is 12.6. The molecule has 2 heterocycles. The number of hydrogen-bond acceptors (Lipinski definition) is 3. The number of nitrogens with two attached hydrogens (primary N) is 1. The highest BCUT2D eigenvalue weighted by molar-refractivity contribution is 5.33. The van der Waals surface area contributed by atoms with E-state index < -0.39 is 11.7 Å². The Hall–Kier alpha value is -1.89. The molecule has 114 valence electrons. The van der Waals surface area contributed by atoms with Gasteiger partial charge in [0.25, 0.3) is 0 Å². The van der Waals surface area contributed by atoms with Crippen molar-refractivity contribution in [3.05, 3.63) is 41.3 Å². The van der Waals surface area contributed by atoms with Crippen LogP contribution in [0.15, 0.2) is 24.5 Å². The summed E-state index contributed by atoms with van der Waals surface area (Å²) < 4.78 is 39.0. The lowest BCUT2D eigenvalue weighted by Gasteiger charge is -2.19. The van der Waals surface area contributed by atoms with Gasteiger partial charge in [0.2, 0.25) is 0 Å². The second-order valence-electron chi connectivity index (χ2n) is 5.84. The maximum absolute atomic E-state index is 12.6. The largest absolute Gasteiger partial charge is 0.419 e. The summed E-state index contributed by atoms with van der Waals surface area (Å²) >= 11 is 0. The molecule has 0 fully saturated rings. The van der Waals surface area contributed by atoms with Gasteiger partial charge in [-0.3, -0.25) is 0 Å². The fourth-order valence-electron chi connectivity index (χ4n) is 1.78. The van der Waals surface area contributed by atoms with Crippen LogP contribution in [0.25, 0.3) is 5.82 Å². The second-order valence-corrected chi connectivity index (χ2v) is 5.84. The summed E-state index contributed by atoms with van der Waals surface area (Å²) in [6.07, 6.45) is -2.71. The zero-order valence-electron chi connectivity index (χ0n) is 12.1. The molecule has 0 saturated carbocycles. The lowest BCUT2D eigenvalue weighted by atomic mass is 9.91. The Labute approximate surface area is 120 Å². The van der Waals surface area contributed by atoms with Crippen LogP contribution in [0, 0.1) is 0 Å². The van der Waals surface area contributed by atoms with E-state index in [1.54, 1.807) is 6.07 Å². The predicted octanol–water partition coefficient (Wildman–Crippen LogP) is 3.04. The maximum Gasteiger partial charge on any atom is 0.419 e. The highest BCUT2D eigenvalue weighted by Crippen LogP contribution is 2.29. The average molecular weight is 298 g/mol. The fraction of sp³-hybridized carbons (Fsp3) is 0.429. The van der Waals surface area contributed by atoms with Crippen molar-refractivity contribution in [1.82, 2.24) is 14.8 Å². The molecule has 0 aliphatic carbocycles. The molecule has 0 atom stereocenters. The van der Waals surface area contributed by atoms with Crippen LogP contribution in [0.5, 0.6) is 0 Å². The van der Waals surface area contributed by atoms with Gasteiger partial charge in [0.1, 0.15) is 0 Å². The van der Waals surface area contributed by atoms with Crippen LogP contribution in [-0.2, 0) is 18.1 Å². The van der Waals surface area contributed by atoms with E-state index in [1.807, 2.05) is 26.8 Å². The molecule has 0 aliphatic heterocycles. The standard InChI is InChI=1S/C14H17F3N4/c1-13(2,3)11-4-9(6-18)5-12(20-11)21-8-10(7-19-21)14(15,16)17/h4-5,7-8H,6,18H2,1-3H3. The van der Waals surface area contributed by atoms with Crippen molar-refractivity contribution in [3.63, 3.8) is 0 Å². The van der Waals surface area contributed by atoms with Gasteiger partial charge in [-0.25, -0.2) is 9.67 Å². The molecule has 21 heavy (non-hydrogen) atoms. The highest BCUT2D eigenvalue weighted by atomic mass is 19.4. The molecule has 2 aromatic rings. The van der Waals surface area contributed by atoms with Crippen molar-refractivity contribution in [2.24, 2.45) is 5.73 Å². The molecule has 0 unspecified atom stereocenters. The van der Waals surface area contributed by atoms with E-state index >= 15 is 0 Å². The number of aromatic nitrogens is 3. The van der Waals surface area contributed by atoms with Crippen molar-refractivity contribution < 1.29 is 13.2 Å². The number of nitrogens with zero attached hydrogens (tertiary/aromatic N) is 3. The van der Waals surface area contributed by atoms with Crippen LogP contribution >= 0.6 is 0 Å². The molecular weight excluding hydrogens is 281 g/mol. The highest BCUT2D eigenvalue weighted by Gasteiger charge is 2.32. The van der Waals surface area contributed by atoms with E-state index in [0.29, 0.717) is 5.82 Å². The van der Waals surface area contributed by atoms with Gasteiger partial charge in [0.15, 0.2) is 5.82 Å². The molecule has 2 N–H and O–H groups in total. The van der Waals surface area contributed by atoms with E-state index in [1.165, 1.54) is 0 Å². The van der Waals surface area contributed by atoms with Crippen molar-refractivity contribution in [2.45, 2.75) is 38.9 Å². The molecule has 0 spiro atoms. The molecule has 0 saturated heterocycles. The molecule has 7 heteroatoms.